The summed E-state index contributed by atoms with van der Waals surface area (Å²) in [6.07, 6.45) is 23.8. The number of aryl methyl sites for hydroxylation is 10. The van der Waals surface area contributed by atoms with E-state index in [0.29, 0.717) is 23.4 Å². The fourth-order valence-electron chi connectivity index (χ4n) is 10.9. The summed E-state index contributed by atoms with van der Waals surface area (Å²) in [7, 11) is 0. The van der Waals surface area contributed by atoms with E-state index >= 15 is 0 Å². The zero-order chi connectivity index (χ0) is 51.4. The van der Waals surface area contributed by atoms with Crippen LogP contribution in [-0.4, -0.2) is 55.0 Å². The first-order valence-electron chi connectivity index (χ1n) is 27.2. The number of carbonyl (C=O) groups is 2. The average Bonchev–Trinajstić information content (AvgIpc) is 3.33. The third-order valence-corrected chi connectivity index (χ3v) is 28.9. The van der Waals surface area contributed by atoms with Crippen LogP contribution in [0.25, 0.3) is 6.08 Å². The van der Waals surface area contributed by atoms with E-state index in [0.717, 1.165) is 115 Å². The number of rotatable bonds is 13. The van der Waals surface area contributed by atoms with Crippen molar-refractivity contribution < 1.29 is 14.7 Å². The van der Waals surface area contributed by atoms with Crippen molar-refractivity contribution in [2.75, 3.05) is 0 Å². The number of carbonyl (C=O) groups excluding carboxylic acids is 2. The van der Waals surface area contributed by atoms with Gasteiger partial charge in [-0.25, -0.2) is 0 Å². The Morgan fingerprint density at radius 1 is 0.581 bits per heavy atom. The number of aliphatic hydroxyl groups excluding tert-OH is 1. The van der Waals surface area contributed by atoms with Crippen molar-refractivity contribution in [2.45, 2.75) is 253 Å². The van der Waals surface area contributed by atoms with E-state index in [-0.39, 0.29) is 47.4 Å². The van der Waals surface area contributed by atoms with Gasteiger partial charge in [-0.1, -0.05) is 74.7 Å². The minimum absolute atomic E-state index is 0. The summed E-state index contributed by atoms with van der Waals surface area (Å²) in [5, 5.41) is 10.5. The first-order chi connectivity index (χ1) is 33.6. The molecule has 4 heterocycles. The van der Waals surface area contributed by atoms with E-state index in [1.54, 1.807) is 31.0 Å². The maximum atomic E-state index is 11.7. The number of hydrogen-bond donors (Lipinski definition) is 1. The molecule has 0 saturated heterocycles. The van der Waals surface area contributed by atoms with Gasteiger partial charge in [0.05, 0.1) is 28.1 Å². The average molecular weight is 1140 g/mol. The topological polar surface area (TPSA) is 106 Å². The van der Waals surface area contributed by atoms with E-state index in [1.165, 1.54) is 80.3 Å². The molecule has 4 aromatic heterocycles. The van der Waals surface area contributed by atoms with Gasteiger partial charge in [-0.15, -0.1) is 0 Å². The maximum Gasteiger partial charge on any atom is 0.166 e. The van der Waals surface area contributed by atoms with Crippen LogP contribution in [0.2, 0.25) is 18.3 Å². The van der Waals surface area contributed by atoms with Crippen LogP contribution in [-0.2, 0) is 38.5 Å². The van der Waals surface area contributed by atoms with E-state index in [9.17, 15) is 14.7 Å². The Morgan fingerprint density at radius 3 is 1.46 bits per heavy atom. The van der Waals surface area contributed by atoms with Gasteiger partial charge in [-0.2, -0.15) is 0 Å². The van der Waals surface area contributed by atoms with Crippen molar-refractivity contribution in [2.24, 2.45) is 0 Å². The summed E-state index contributed by atoms with van der Waals surface area (Å²) in [4.78, 5) is 41.1. The Morgan fingerprint density at radius 2 is 0.986 bits per heavy atom. The van der Waals surface area contributed by atoms with Crippen LogP contribution in [0.15, 0.2) is 41.5 Å². The predicted octanol–water partition coefficient (Wildman–Crippen LogP) is 18.9. The van der Waals surface area contributed by atoms with Crippen molar-refractivity contribution in [3.8, 4) is 0 Å². The summed E-state index contributed by atoms with van der Waals surface area (Å²) in [5.74, 6) is 1.08. The zero-order valence-corrected chi connectivity index (χ0v) is 48.8. The zero-order valence-electron chi connectivity index (χ0n) is 45.2. The molecule has 4 aliphatic rings. The molecule has 4 aromatic rings. The number of hydrogen-bond acceptors (Lipinski definition) is 7. The van der Waals surface area contributed by atoms with Crippen molar-refractivity contribution in [1.29, 1.82) is 0 Å². The Labute approximate surface area is 463 Å². The van der Waals surface area contributed by atoms with Gasteiger partial charge in [0.15, 0.2) is 11.6 Å². The third kappa shape index (κ3) is 20.1. The minimum atomic E-state index is -1.85. The normalized spacial score (nSPS) is 15.8. The van der Waals surface area contributed by atoms with Crippen LogP contribution in [0.4, 0.5) is 0 Å². The van der Waals surface area contributed by atoms with Gasteiger partial charge in [0.2, 0.25) is 0 Å². The van der Waals surface area contributed by atoms with Gasteiger partial charge in [0, 0.05) is 58.1 Å². The van der Waals surface area contributed by atoms with E-state index in [4.69, 9.17) is 11.6 Å². The molecule has 1 N–H and O–H groups in total. The number of aromatic nitrogens is 4. The van der Waals surface area contributed by atoms with Crippen molar-refractivity contribution in [3.05, 3.63) is 131 Å². The number of aliphatic hydroxyl groups is 1. The molecule has 2 atom stereocenters. The molecule has 9 heteroatoms. The summed E-state index contributed by atoms with van der Waals surface area (Å²) in [6.45, 7) is 29.6. The number of fused-ring (bicyclic) bond motifs is 4. The van der Waals surface area contributed by atoms with Crippen molar-refractivity contribution >= 4 is 47.6 Å². The van der Waals surface area contributed by atoms with E-state index < -0.39 is 18.4 Å². The number of halogens is 1. The van der Waals surface area contributed by atoms with Gasteiger partial charge in [0.25, 0.3) is 0 Å². The summed E-state index contributed by atoms with van der Waals surface area (Å²) >= 11 is 4.13. The molecule has 0 saturated carbocycles. The Kier molecular flexibility index (Phi) is 34.0. The fraction of sp³-hybridized carbons (Fsp3) is 0.600. The minimum Gasteiger partial charge on any atom is -0.388 e. The molecule has 4 aliphatic carbocycles. The smallest absolute Gasteiger partial charge is 0.166 e. The van der Waals surface area contributed by atoms with Gasteiger partial charge >= 0.3 is 102 Å². The third-order valence-electron chi connectivity index (χ3n) is 14.6. The van der Waals surface area contributed by atoms with Crippen LogP contribution in [0.1, 0.15) is 267 Å². The van der Waals surface area contributed by atoms with Crippen molar-refractivity contribution in [3.63, 3.8) is 0 Å². The molecular weight excluding hydrogens is 1040 g/mol. The second kappa shape index (κ2) is 35.7. The molecule has 0 fully saturated rings. The van der Waals surface area contributed by atoms with Crippen LogP contribution in [0, 0.1) is 27.7 Å². The van der Waals surface area contributed by atoms with Gasteiger partial charge < -0.3 is 5.11 Å². The molecular formula is C65H105ClN4O3Sn. The molecule has 74 heavy (non-hydrogen) atoms. The van der Waals surface area contributed by atoms with E-state index in [2.05, 4.69) is 97.8 Å². The molecule has 2 unspecified atom stereocenters. The number of pyridine rings is 4. The van der Waals surface area contributed by atoms with Gasteiger partial charge in [0.1, 0.15) is 0 Å². The van der Waals surface area contributed by atoms with Crippen LogP contribution >= 0.6 is 11.6 Å². The fourth-order valence-corrected chi connectivity index (χ4v) is 24.2. The number of nitrogens with zero attached hydrogens (tertiary/aromatic N) is 4. The molecule has 414 valence electrons. The van der Waals surface area contributed by atoms with Gasteiger partial charge in [-0.05, 0) is 157 Å². The summed E-state index contributed by atoms with van der Waals surface area (Å²) < 4.78 is 7.16. The number of Topliss-reactive ketones (excluding diaryl/α,β-unsaturated/α-hetero) is 2. The van der Waals surface area contributed by atoms with Crippen molar-refractivity contribution in [1.82, 2.24) is 19.9 Å². The second-order valence-corrected chi connectivity index (χ2v) is 34.0. The molecule has 8 rings (SSSR count). The standard InChI is InChI=1S/C13H19N.C12H17NO.C12H13NO.C10H10ClNO.3C4H9.C2H3.4CH4.Sn/c1-4-11-8-10(3)14-12-7-5-6-9(2)13(11)12;2*1-3-9-7-8(2)13-10-5-4-6-11(14)12(9)10;1-6-5-7(11)10-8(12-6)3-2-4-9(10)13;3*1-3-4-2;1-2;;;;;/h8-9H,4-7H2,1-3H3;7,11,14H,3-6H2,1-2H3;3,7H,1,4-6H2,2H3;5H,2-4H2,1H3;3*1,3-4H2,2H3;1H,2H2;4*1H4;. The first-order valence-corrected chi connectivity index (χ1v) is 35.3. The molecule has 0 bridgehead atoms. The molecule has 0 aromatic carbocycles. The second-order valence-electron chi connectivity index (χ2n) is 20.4. The number of unbranched alkanes of at least 4 members (excludes halogenated alkanes) is 3. The van der Waals surface area contributed by atoms with Crippen LogP contribution in [0.5, 0.6) is 0 Å². The van der Waals surface area contributed by atoms with Gasteiger partial charge in [-0.3, -0.25) is 29.5 Å². The quantitative estimate of drug-likeness (QED) is 0.133. The van der Waals surface area contributed by atoms with E-state index in [1.807, 2.05) is 26.8 Å². The SMILES string of the molecule is C.C.C.C.C=Cc1cc(C)nc2c1C(=O)CCC2.C=[CH][Sn]([CH2]CCC)([CH2]CCC)[CH2]CCC.CCc1cc(C)nc2c1C(C)CCC2.CCc1cc(C)nc2c1C(O)CCC2.Cc1cc(Cl)c2c(n1)CCCC2=O. The monoisotopic (exact) mass is 1140 g/mol. The molecule has 0 radical (unpaired) electrons. The Bertz CT molecular complexity index is 2250. The maximum absolute atomic E-state index is 11.7. The first kappa shape index (κ1) is 70.5. The molecule has 0 aliphatic heterocycles. The largest absolute Gasteiger partial charge is 0.388 e. The summed E-state index contributed by atoms with van der Waals surface area (Å²) in [5.41, 5.74) is 16.3. The molecule has 0 spiro atoms. The number of ketones is 2. The Hall–Kier alpha value is -3.53. The van der Waals surface area contributed by atoms with Crippen LogP contribution in [0.3, 0.4) is 0 Å². The van der Waals surface area contributed by atoms with Crippen LogP contribution < -0.4 is 0 Å². The summed E-state index contributed by atoms with van der Waals surface area (Å²) in [6, 6.07) is 8.05. The molecule has 0 amide bonds. The molecule has 7 nitrogen and oxygen atoms in total. The Balaban J connectivity index is 0.000000888. The predicted molar refractivity (Wildman–Crippen MR) is 326 cm³/mol.